The van der Waals surface area contributed by atoms with Crippen molar-refractivity contribution in [3.05, 3.63) is 27.3 Å². The van der Waals surface area contributed by atoms with Crippen molar-refractivity contribution in [2.45, 2.75) is 0 Å². The first-order valence-electron chi connectivity index (χ1n) is 4.53. The van der Waals surface area contributed by atoms with Crippen LogP contribution >= 0.6 is 22.6 Å². The molecule has 0 aliphatic rings. The predicted octanol–water partition coefficient (Wildman–Crippen LogP) is 2.26. The van der Waals surface area contributed by atoms with Crippen LogP contribution in [0.1, 0.15) is 10.4 Å². The van der Waals surface area contributed by atoms with Gasteiger partial charge in [0.1, 0.15) is 5.56 Å². The second kappa shape index (κ2) is 3.95. The van der Waals surface area contributed by atoms with Gasteiger partial charge >= 0.3 is 5.97 Å². The van der Waals surface area contributed by atoms with Gasteiger partial charge in [0.2, 0.25) is 5.75 Å². The summed E-state index contributed by atoms with van der Waals surface area (Å²) < 4.78 is 0.579. The van der Waals surface area contributed by atoms with Gasteiger partial charge in [-0.2, -0.15) is 0 Å². The first-order valence-corrected chi connectivity index (χ1v) is 5.61. The second-order valence-corrected chi connectivity index (χ2v) is 4.55. The average molecular weight is 346 g/mol. The van der Waals surface area contributed by atoms with E-state index in [9.17, 15) is 20.1 Å². The number of rotatable bonds is 1. The van der Waals surface area contributed by atoms with Gasteiger partial charge in [0.05, 0.1) is 0 Å². The lowest BCUT2D eigenvalue weighted by molar-refractivity contribution is 0.0695. The van der Waals surface area contributed by atoms with E-state index in [1.54, 1.807) is 12.1 Å². The molecule has 2 rings (SSSR count). The van der Waals surface area contributed by atoms with Crippen LogP contribution < -0.4 is 0 Å². The van der Waals surface area contributed by atoms with Crippen molar-refractivity contribution in [2.24, 2.45) is 0 Å². The largest absolute Gasteiger partial charge is 0.504 e. The monoisotopic (exact) mass is 346 g/mol. The lowest BCUT2D eigenvalue weighted by Gasteiger charge is -2.11. The maximum atomic E-state index is 11.1. The lowest BCUT2D eigenvalue weighted by Crippen LogP contribution is -1.99. The van der Waals surface area contributed by atoms with Gasteiger partial charge in [-0.05, 0) is 28.7 Å². The molecule has 0 heterocycles. The van der Waals surface area contributed by atoms with E-state index in [4.69, 9.17) is 5.11 Å². The average Bonchev–Trinajstić information content (AvgIpc) is 2.25. The van der Waals surface area contributed by atoms with Crippen molar-refractivity contribution in [2.75, 3.05) is 0 Å². The van der Waals surface area contributed by atoms with Crippen molar-refractivity contribution >= 4 is 39.3 Å². The summed E-state index contributed by atoms with van der Waals surface area (Å²) in [7, 11) is 0. The van der Waals surface area contributed by atoms with Gasteiger partial charge in [0, 0.05) is 14.3 Å². The summed E-state index contributed by atoms with van der Waals surface area (Å²) in [5, 5.41) is 38.2. The highest BCUT2D eigenvalue weighted by Crippen LogP contribution is 2.45. The fraction of sp³-hybridized carbons (Fsp3) is 0. The zero-order valence-electron chi connectivity index (χ0n) is 8.31. The van der Waals surface area contributed by atoms with Gasteiger partial charge < -0.3 is 20.4 Å². The quantitative estimate of drug-likeness (QED) is 0.469. The van der Waals surface area contributed by atoms with Gasteiger partial charge in [-0.3, -0.25) is 0 Å². The molecule has 0 unspecified atom stereocenters. The molecule has 17 heavy (non-hydrogen) atoms. The molecule has 0 saturated carbocycles. The molecule has 6 heteroatoms. The van der Waals surface area contributed by atoms with E-state index < -0.39 is 28.8 Å². The molecule has 0 aliphatic heterocycles. The van der Waals surface area contributed by atoms with Crippen molar-refractivity contribution in [3.8, 4) is 17.2 Å². The minimum atomic E-state index is -1.37. The Hall–Kier alpha value is -1.70. The number of carboxylic acid groups (broad SMARTS) is 1. The van der Waals surface area contributed by atoms with Crippen LogP contribution in [0.15, 0.2) is 18.2 Å². The molecule has 0 atom stereocenters. The van der Waals surface area contributed by atoms with E-state index >= 15 is 0 Å². The molecule has 2 aromatic carbocycles. The summed E-state index contributed by atoms with van der Waals surface area (Å²) in [4.78, 5) is 11.1. The smallest absolute Gasteiger partial charge is 0.340 e. The number of aromatic carboxylic acids is 1. The number of carbonyl (C=O) groups is 1. The van der Waals surface area contributed by atoms with Crippen molar-refractivity contribution < 1.29 is 25.2 Å². The Morgan fingerprint density at radius 1 is 1.06 bits per heavy atom. The van der Waals surface area contributed by atoms with Gasteiger partial charge in [-0.15, -0.1) is 0 Å². The van der Waals surface area contributed by atoms with Crippen LogP contribution in [-0.2, 0) is 0 Å². The number of hydrogen-bond acceptors (Lipinski definition) is 4. The lowest BCUT2D eigenvalue weighted by atomic mass is 10.0. The highest BCUT2D eigenvalue weighted by molar-refractivity contribution is 14.1. The topological polar surface area (TPSA) is 98.0 Å². The zero-order valence-corrected chi connectivity index (χ0v) is 10.5. The number of fused-ring (bicyclic) bond motifs is 1. The SMILES string of the molecule is O=C(O)c1c(O)c(O)c(O)c2c(I)cccc12. The first-order chi connectivity index (χ1) is 7.95. The summed E-state index contributed by atoms with van der Waals surface area (Å²) >= 11 is 1.91. The zero-order chi connectivity index (χ0) is 12.7. The molecular formula is C11H7IO5. The summed E-state index contributed by atoms with van der Waals surface area (Å²) in [5.41, 5.74) is -0.422. The van der Waals surface area contributed by atoms with E-state index in [-0.39, 0.29) is 10.8 Å². The number of carboxylic acids is 1. The molecule has 0 aliphatic carbocycles. The molecule has 0 spiro atoms. The molecular weight excluding hydrogens is 339 g/mol. The van der Waals surface area contributed by atoms with Crippen LogP contribution in [0.3, 0.4) is 0 Å². The molecule has 2 aromatic rings. The number of phenolic OH excluding ortho intramolecular Hbond substituents is 2. The molecule has 0 saturated heterocycles. The molecule has 5 nitrogen and oxygen atoms in total. The molecule has 0 amide bonds. The Balaban J connectivity index is 3.10. The Morgan fingerprint density at radius 2 is 1.71 bits per heavy atom. The fourth-order valence-corrected chi connectivity index (χ4v) is 2.42. The van der Waals surface area contributed by atoms with Gasteiger partial charge in [-0.25, -0.2) is 4.79 Å². The van der Waals surface area contributed by atoms with Crippen LogP contribution in [-0.4, -0.2) is 26.4 Å². The van der Waals surface area contributed by atoms with Crippen molar-refractivity contribution in [1.29, 1.82) is 0 Å². The van der Waals surface area contributed by atoms with E-state index in [0.717, 1.165) is 0 Å². The summed E-state index contributed by atoms with van der Waals surface area (Å²) in [6.07, 6.45) is 0. The summed E-state index contributed by atoms with van der Waals surface area (Å²) in [6.45, 7) is 0. The third-order valence-corrected chi connectivity index (χ3v) is 3.32. The third-order valence-electron chi connectivity index (χ3n) is 2.42. The molecule has 4 N–H and O–H groups in total. The highest BCUT2D eigenvalue weighted by atomic mass is 127. The number of benzene rings is 2. The van der Waals surface area contributed by atoms with Crippen LogP contribution in [0.25, 0.3) is 10.8 Å². The van der Waals surface area contributed by atoms with Gasteiger partial charge in [0.25, 0.3) is 0 Å². The molecule has 88 valence electrons. The number of aromatic hydroxyl groups is 3. The van der Waals surface area contributed by atoms with Crippen LogP contribution in [0.2, 0.25) is 0 Å². The maximum absolute atomic E-state index is 11.1. The molecule has 0 radical (unpaired) electrons. The second-order valence-electron chi connectivity index (χ2n) is 3.39. The number of phenols is 3. The van der Waals surface area contributed by atoms with Gasteiger partial charge in [0.15, 0.2) is 11.5 Å². The summed E-state index contributed by atoms with van der Waals surface area (Å²) in [5.74, 6) is -3.54. The molecule has 0 aromatic heterocycles. The fourth-order valence-electron chi connectivity index (χ4n) is 1.67. The minimum absolute atomic E-state index is 0.178. The summed E-state index contributed by atoms with van der Waals surface area (Å²) in [6, 6.07) is 4.72. The highest BCUT2D eigenvalue weighted by Gasteiger charge is 2.23. The normalized spacial score (nSPS) is 10.6. The van der Waals surface area contributed by atoms with E-state index in [1.807, 2.05) is 22.6 Å². The van der Waals surface area contributed by atoms with Crippen LogP contribution in [0.5, 0.6) is 17.2 Å². The predicted molar refractivity (Wildman–Crippen MR) is 68.6 cm³/mol. The third kappa shape index (κ3) is 1.64. The first kappa shape index (κ1) is 11.8. The van der Waals surface area contributed by atoms with Crippen LogP contribution in [0, 0.1) is 3.57 Å². The van der Waals surface area contributed by atoms with E-state index in [0.29, 0.717) is 3.57 Å². The molecule has 0 fully saturated rings. The Morgan fingerprint density at radius 3 is 2.29 bits per heavy atom. The maximum Gasteiger partial charge on any atom is 0.340 e. The van der Waals surface area contributed by atoms with E-state index in [1.165, 1.54) is 6.07 Å². The number of halogens is 1. The number of hydrogen-bond donors (Lipinski definition) is 4. The van der Waals surface area contributed by atoms with Crippen molar-refractivity contribution in [1.82, 2.24) is 0 Å². The Labute approximate surface area is 109 Å². The van der Waals surface area contributed by atoms with E-state index in [2.05, 4.69) is 0 Å². The Kier molecular flexibility index (Phi) is 2.74. The molecule has 0 bridgehead atoms. The minimum Gasteiger partial charge on any atom is -0.504 e. The van der Waals surface area contributed by atoms with Crippen molar-refractivity contribution in [3.63, 3.8) is 0 Å². The standard InChI is InChI=1S/C11H7IO5/c12-5-3-1-2-4-6(5)8(13)10(15)9(14)7(4)11(16)17/h1-3,13-15H,(H,16,17). The Bertz CT molecular complexity index is 636. The van der Waals surface area contributed by atoms with Gasteiger partial charge in [-0.1, -0.05) is 12.1 Å². The van der Waals surface area contributed by atoms with Crippen LogP contribution in [0.4, 0.5) is 0 Å².